The molecule has 0 bridgehead atoms. The Morgan fingerprint density at radius 3 is 2.58 bits per heavy atom. The number of halogens is 1. The van der Waals surface area contributed by atoms with Crippen LogP contribution in [-0.4, -0.2) is 33.5 Å². The van der Waals surface area contributed by atoms with E-state index in [1.54, 1.807) is 42.7 Å². The van der Waals surface area contributed by atoms with Crippen LogP contribution in [0.15, 0.2) is 71.2 Å². The lowest BCUT2D eigenvalue weighted by molar-refractivity contribution is -0.113. The fourth-order valence-electron chi connectivity index (χ4n) is 2.93. The highest BCUT2D eigenvalue weighted by atomic mass is 35.5. The average Bonchev–Trinajstić information content (AvgIpc) is 3.44. The molecule has 0 unspecified atom stereocenters. The van der Waals surface area contributed by atoms with E-state index in [1.165, 1.54) is 16.6 Å². The van der Waals surface area contributed by atoms with Crippen molar-refractivity contribution in [2.24, 2.45) is 0 Å². The molecule has 4 rings (SSSR count). The first kappa shape index (κ1) is 21.4. The third-order valence-electron chi connectivity index (χ3n) is 4.40. The van der Waals surface area contributed by atoms with E-state index < -0.39 is 0 Å². The summed E-state index contributed by atoms with van der Waals surface area (Å²) in [5, 5.41) is 14.9. The van der Waals surface area contributed by atoms with Crippen LogP contribution >= 0.6 is 34.7 Å². The van der Waals surface area contributed by atoms with Crippen LogP contribution in [0, 0.1) is 0 Å². The summed E-state index contributed by atoms with van der Waals surface area (Å²) in [5.41, 5.74) is 1.61. The standard InChI is InChI=1S/C22H19ClN4O2S2/c1-29-18-10-8-17(9-11-18)27-20(13-19-3-2-12-30-19)25-26-22(27)31-14-21(28)24-16-6-4-15(23)5-7-16/h2-12H,13-14H2,1H3,(H,24,28). The molecule has 1 amide bonds. The number of thioether (sulfide) groups is 1. The third-order valence-corrected chi connectivity index (χ3v) is 6.46. The molecule has 0 saturated carbocycles. The van der Waals surface area contributed by atoms with Crippen LogP contribution in [0.4, 0.5) is 5.69 Å². The number of hydrogen-bond acceptors (Lipinski definition) is 6. The monoisotopic (exact) mass is 470 g/mol. The average molecular weight is 471 g/mol. The van der Waals surface area contributed by atoms with E-state index in [1.807, 2.05) is 40.3 Å². The molecule has 0 atom stereocenters. The SMILES string of the molecule is COc1ccc(-n2c(Cc3cccs3)nnc2SCC(=O)Nc2ccc(Cl)cc2)cc1. The summed E-state index contributed by atoms with van der Waals surface area (Å²) in [6.07, 6.45) is 0.661. The molecule has 0 aliphatic heterocycles. The van der Waals surface area contributed by atoms with Gasteiger partial charge in [-0.25, -0.2) is 0 Å². The zero-order chi connectivity index (χ0) is 21.6. The summed E-state index contributed by atoms with van der Waals surface area (Å²) in [7, 11) is 1.64. The van der Waals surface area contributed by atoms with Gasteiger partial charge in [-0.05, 0) is 60.0 Å². The van der Waals surface area contributed by atoms with Gasteiger partial charge in [0.2, 0.25) is 5.91 Å². The summed E-state index contributed by atoms with van der Waals surface area (Å²) < 4.78 is 7.26. The summed E-state index contributed by atoms with van der Waals surface area (Å²) >= 11 is 8.91. The fraction of sp³-hybridized carbons (Fsp3) is 0.136. The van der Waals surface area contributed by atoms with E-state index >= 15 is 0 Å². The number of anilines is 1. The van der Waals surface area contributed by atoms with Gasteiger partial charge in [0.15, 0.2) is 5.16 Å². The first-order valence-corrected chi connectivity index (χ1v) is 11.7. The van der Waals surface area contributed by atoms with Crippen LogP contribution in [0.1, 0.15) is 10.7 Å². The second-order valence-corrected chi connectivity index (χ2v) is 8.94. The Labute approximate surface area is 193 Å². The molecule has 0 aliphatic carbocycles. The van der Waals surface area contributed by atoms with Crippen LogP contribution in [0.3, 0.4) is 0 Å². The van der Waals surface area contributed by atoms with E-state index in [4.69, 9.17) is 16.3 Å². The lowest BCUT2D eigenvalue weighted by atomic mass is 10.2. The number of ether oxygens (including phenoxy) is 1. The number of thiophene rings is 1. The number of aromatic nitrogens is 3. The quantitative estimate of drug-likeness (QED) is 0.353. The summed E-state index contributed by atoms with van der Waals surface area (Å²) in [4.78, 5) is 13.6. The maximum absolute atomic E-state index is 12.4. The molecule has 0 aliphatic rings. The van der Waals surface area contributed by atoms with Gasteiger partial charge in [0.1, 0.15) is 11.6 Å². The molecule has 0 saturated heterocycles. The van der Waals surface area contributed by atoms with Crippen molar-refractivity contribution < 1.29 is 9.53 Å². The Bertz CT molecular complexity index is 1140. The van der Waals surface area contributed by atoms with Crippen LogP contribution in [0.2, 0.25) is 5.02 Å². The van der Waals surface area contributed by atoms with E-state index in [0.717, 1.165) is 17.3 Å². The maximum Gasteiger partial charge on any atom is 0.234 e. The first-order chi connectivity index (χ1) is 15.1. The lowest BCUT2D eigenvalue weighted by Crippen LogP contribution is -2.14. The fourth-order valence-corrected chi connectivity index (χ4v) is 4.53. The van der Waals surface area contributed by atoms with E-state index in [9.17, 15) is 4.79 Å². The molecule has 6 nitrogen and oxygen atoms in total. The Morgan fingerprint density at radius 1 is 1.13 bits per heavy atom. The van der Waals surface area contributed by atoms with E-state index in [-0.39, 0.29) is 11.7 Å². The van der Waals surface area contributed by atoms with Gasteiger partial charge in [0, 0.05) is 27.7 Å². The van der Waals surface area contributed by atoms with Crippen LogP contribution in [0.5, 0.6) is 5.75 Å². The molecular weight excluding hydrogens is 452 g/mol. The summed E-state index contributed by atoms with van der Waals surface area (Å²) in [6.45, 7) is 0. The summed E-state index contributed by atoms with van der Waals surface area (Å²) in [6, 6.07) is 18.8. The van der Waals surface area contributed by atoms with Crippen molar-refractivity contribution in [1.82, 2.24) is 14.8 Å². The van der Waals surface area contributed by atoms with Crippen molar-refractivity contribution in [2.45, 2.75) is 11.6 Å². The number of methoxy groups -OCH3 is 1. The smallest absolute Gasteiger partial charge is 0.234 e. The number of carbonyl (C=O) groups is 1. The van der Waals surface area contributed by atoms with E-state index in [2.05, 4.69) is 21.6 Å². The van der Waals surface area contributed by atoms with Gasteiger partial charge in [-0.2, -0.15) is 0 Å². The number of benzene rings is 2. The van der Waals surface area contributed by atoms with Gasteiger partial charge >= 0.3 is 0 Å². The van der Waals surface area contributed by atoms with Gasteiger partial charge in [0.05, 0.1) is 12.9 Å². The molecule has 0 radical (unpaired) electrons. The minimum Gasteiger partial charge on any atom is -0.497 e. The molecular formula is C22H19ClN4O2S2. The normalized spacial score (nSPS) is 10.8. The lowest BCUT2D eigenvalue weighted by Gasteiger charge is -2.11. The number of nitrogens with zero attached hydrogens (tertiary/aromatic N) is 3. The predicted molar refractivity (Wildman–Crippen MR) is 126 cm³/mol. The Morgan fingerprint density at radius 2 is 1.90 bits per heavy atom. The van der Waals surface area contributed by atoms with Gasteiger partial charge in [0.25, 0.3) is 0 Å². The third kappa shape index (κ3) is 5.46. The minimum atomic E-state index is -0.128. The molecule has 1 N–H and O–H groups in total. The largest absolute Gasteiger partial charge is 0.497 e. The van der Waals surface area contributed by atoms with Crippen molar-refractivity contribution in [3.05, 3.63) is 81.8 Å². The van der Waals surface area contributed by atoms with Crippen molar-refractivity contribution in [1.29, 1.82) is 0 Å². The van der Waals surface area contributed by atoms with Crippen molar-refractivity contribution in [2.75, 3.05) is 18.2 Å². The highest BCUT2D eigenvalue weighted by Crippen LogP contribution is 2.26. The van der Waals surface area contributed by atoms with Gasteiger partial charge in [-0.3, -0.25) is 9.36 Å². The number of nitrogens with one attached hydrogen (secondary N) is 1. The predicted octanol–water partition coefficient (Wildman–Crippen LogP) is 5.31. The van der Waals surface area contributed by atoms with Gasteiger partial charge < -0.3 is 10.1 Å². The van der Waals surface area contributed by atoms with Crippen molar-refractivity contribution in [3.8, 4) is 11.4 Å². The Kier molecular flexibility index (Phi) is 6.91. The zero-order valence-corrected chi connectivity index (χ0v) is 19.0. The summed E-state index contributed by atoms with van der Waals surface area (Å²) in [5.74, 6) is 1.66. The second-order valence-electron chi connectivity index (χ2n) is 6.53. The topological polar surface area (TPSA) is 69.0 Å². The molecule has 2 aromatic heterocycles. The van der Waals surface area contributed by atoms with Crippen LogP contribution in [-0.2, 0) is 11.2 Å². The molecule has 4 aromatic rings. The molecule has 2 heterocycles. The van der Waals surface area contributed by atoms with Crippen molar-refractivity contribution in [3.63, 3.8) is 0 Å². The molecule has 0 fully saturated rings. The minimum absolute atomic E-state index is 0.128. The highest BCUT2D eigenvalue weighted by Gasteiger charge is 2.17. The van der Waals surface area contributed by atoms with Crippen molar-refractivity contribution >= 4 is 46.3 Å². The van der Waals surface area contributed by atoms with Crippen LogP contribution < -0.4 is 10.1 Å². The van der Waals surface area contributed by atoms with Gasteiger partial charge in [-0.15, -0.1) is 21.5 Å². The second kappa shape index (κ2) is 10.00. The maximum atomic E-state index is 12.4. The Balaban J connectivity index is 1.53. The Hall–Kier alpha value is -2.81. The molecule has 31 heavy (non-hydrogen) atoms. The molecule has 158 valence electrons. The van der Waals surface area contributed by atoms with E-state index in [0.29, 0.717) is 22.3 Å². The number of hydrogen-bond donors (Lipinski definition) is 1. The molecule has 0 spiro atoms. The zero-order valence-electron chi connectivity index (χ0n) is 16.6. The first-order valence-electron chi connectivity index (χ1n) is 9.41. The number of rotatable bonds is 8. The van der Waals surface area contributed by atoms with Gasteiger partial charge in [-0.1, -0.05) is 29.4 Å². The molecule has 9 heteroatoms. The molecule has 2 aromatic carbocycles. The number of carbonyl (C=O) groups excluding carboxylic acids is 1. The number of amides is 1. The highest BCUT2D eigenvalue weighted by molar-refractivity contribution is 7.99. The van der Waals surface area contributed by atoms with Crippen LogP contribution in [0.25, 0.3) is 5.69 Å².